The summed E-state index contributed by atoms with van der Waals surface area (Å²) in [7, 11) is 0. The van der Waals surface area contributed by atoms with E-state index in [-0.39, 0.29) is 11.5 Å². The fourth-order valence-electron chi connectivity index (χ4n) is 1.29. The molecule has 0 aromatic heterocycles. The van der Waals surface area contributed by atoms with E-state index in [1.165, 1.54) is 18.2 Å². The van der Waals surface area contributed by atoms with Gasteiger partial charge in [0.2, 0.25) is 0 Å². The minimum atomic E-state index is -3.05. The van der Waals surface area contributed by atoms with Crippen LogP contribution < -0.4 is 9.47 Å². The van der Waals surface area contributed by atoms with Crippen molar-refractivity contribution in [2.45, 2.75) is 19.1 Å². The van der Waals surface area contributed by atoms with Gasteiger partial charge in [-0.1, -0.05) is 6.08 Å². The maximum Gasteiger partial charge on any atom is 0.387 e. The van der Waals surface area contributed by atoms with Crippen molar-refractivity contribution in [2.75, 3.05) is 0 Å². The van der Waals surface area contributed by atoms with Crippen molar-refractivity contribution in [1.29, 1.82) is 0 Å². The van der Waals surface area contributed by atoms with Crippen LogP contribution in [0, 0.1) is 6.92 Å². The molecule has 1 radical (unpaired) electrons. The molecule has 1 unspecified atom stereocenters. The molecule has 0 heterocycles. The Morgan fingerprint density at radius 3 is 1.72 bits per heavy atom. The quantitative estimate of drug-likeness (QED) is 0.570. The summed E-state index contributed by atoms with van der Waals surface area (Å²) < 4.78 is 56.6. The molecule has 18 heavy (non-hydrogen) atoms. The van der Waals surface area contributed by atoms with Crippen molar-refractivity contribution >= 4 is 0 Å². The van der Waals surface area contributed by atoms with Crippen LogP contribution in [0.1, 0.15) is 11.5 Å². The molecular weight excluding hydrogens is 252 g/mol. The van der Waals surface area contributed by atoms with Crippen molar-refractivity contribution in [3.63, 3.8) is 0 Å². The van der Waals surface area contributed by atoms with Gasteiger partial charge in [-0.15, -0.1) is 6.58 Å². The van der Waals surface area contributed by atoms with Crippen LogP contribution in [0.5, 0.6) is 11.5 Å². The molecule has 1 rings (SSSR count). The molecule has 0 aliphatic carbocycles. The third-order valence-electron chi connectivity index (χ3n) is 2.07. The minimum Gasteiger partial charge on any atom is -0.435 e. The van der Waals surface area contributed by atoms with E-state index >= 15 is 0 Å². The molecule has 0 fully saturated rings. The lowest BCUT2D eigenvalue weighted by atomic mass is 10.0. The van der Waals surface area contributed by atoms with Gasteiger partial charge in [0.05, 0.1) is 0 Å². The highest BCUT2D eigenvalue weighted by molar-refractivity contribution is 5.41. The Kier molecular flexibility index (Phi) is 5.00. The predicted molar refractivity (Wildman–Crippen MR) is 58.0 cm³/mol. The number of benzene rings is 1. The van der Waals surface area contributed by atoms with Gasteiger partial charge in [0.15, 0.2) is 0 Å². The number of rotatable bonds is 6. The molecule has 6 heteroatoms. The Morgan fingerprint density at radius 1 is 0.944 bits per heavy atom. The minimum absolute atomic E-state index is 0.270. The van der Waals surface area contributed by atoms with Gasteiger partial charge in [0, 0.05) is 12.0 Å². The molecule has 1 aromatic carbocycles. The van der Waals surface area contributed by atoms with Crippen LogP contribution in [0.15, 0.2) is 30.9 Å². The second-order valence-electron chi connectivity index (χ2n) is 3.34. The van der Waals surface area contributed by atoms with Gasteiger partial charge in [-0.25, -0.2) is 0 Å². The fourth-order valence-corrected chi connectivity index (χ4v) is 1.29. The van der Waals surface area contributed by atoms with E-state index in [2.05, 4.69) is 23.0 Å². The van der Waals surface area contributed by atoms with E-state index in [1.807, 2.05) is 0 Å². The summed E-state index contributed by atoms with van der Waals surface area (Å²) in [4.78, 5) is 0. The molecule has 0 spiro atoms. The van der Waals surface area contributed by atoms with Crippen molar-refractivity contribution in [3.8, 4) is 11.5 Å². The highest BCUT2D eigenvalue weighted by atomic mass is 19.3. The molecule has 0 aliphatic rings. The van der Waals surface area contributed by atoms with Crippen LogP contribution >= 0.6 is 0 Å². The molecule has 1 aromatic rings. The van der Waals surface area contributed by atoms with Crippen LogP contribution in [0.2, 0.25) is 0 Å². The first-order valence-corrected chi connectivity index (χ1v) is 4.92. The average Bonchev–Trinajstić information content (AvgIpc) is 2.25. The van der Waals surface area contributed by atoms with Crippen LogP contribution in [0.4, 0.5) is 17.6 Å². The lowest BCUT2D eigenvalue weighted by Crippen LogP contribution is -2.06. The van der Waals surface area contributed by atoms with Gasteiger partial charge in [-0.05, 0) is 24.6 Å². The highest BCUT2D eigenvalue weighted by Crippen LogP contribution is 2.29. The van der Waals surface area contributed by atoms with Gasteiger partial charge >= 0.3 is 13.2 Å². The normalized spacial score (nSPS) is 12.6. The number of ether oxygens (including phenoxy) is 2. The lowest BCUT2D eigenvalue weighted by Gasteiger charge is -2.13. The Bertz CT molecular complexity index is 379. The Morgan fingerprint density at radius 2 is 1.39 bits per heavy atom. The summed E-state index contributed by atoms with van der Waals surface area (Å²) in [6.45, 7) is 1.04. The number of alkyl halides is 4. The van der Waals surface area contributed by atoms with Crippen molar-refractivity contribution in [2.24, 2.45) is 0 Å². The molecule has 0 N–H and O–H groups in total. The van der Waals surface area contributed by atoms with E-state index in [4.69, 9.17) is 0 Å². The molecule has 99 valence electrons. The van der Waals surface area contributed by atoms with Crippen molar-refractivity contribution in [1.82, 2.24) is 0 Å². The first-order valence-electron chi connectivity index (χ1n) is 4.92. The van der Waals surface area contributed by atoms with E-state index < -0.39 is 19.1 Å². The molecule has 0 saturated carbocycles. The Labute approximate surface area is 102 Å². The Hall–Kier alpha value is -1.72. The summed E-state index contributed by atoms with van der Waals surface area (Å²) in [5.41, 5.74) is 0.388. The van der Waals surface area contributed by atoms with Crippen LogP contribution in [0.3, 0.4) is 0 Å². The SMILES string of the molecule is [CH2]C(C=C)c1cc(OC(F)F)cc(OC(F)F)c1. The first-order chi connectivity index (χ1) is 8.42. The van der Waals surface area contributed by atoms with Gasteiger partial charge in [0.25, 0.3) is 0 Å². The third-order valence-corrected chi connectivity index (χ3v) is 2.07. The molecular formula is C12H11F4O2. The largest absolute Gasteiger partial charge is 0.435 e. The summed E-state index contributed by atoms with van der Waals surface area (Å²) in [6.07, 6.45) is 1.44. The molecule has 2 nitrogen and oxygen atoms in total. The van der Waals surface area contributed by atoms with Gasteiger partial charge in [-0.2, -0.15) is 17.6 Å². The van der Waals surface area contributed by atoms with E-state index in [1.54, 1.807) is 0 Å². The summed E-state index contributed by atoms with van der Waals surface area (Å²) in [5, 5.41) is 0. The zero-order chi connectivity index (χ0) is 13.7. The van der Waals surface area contributed by atoms with Crippen LogP contribution in [-0.4, -0.2) is 13.2 Å². The van der Waals surface area contributed by atoms with Crippen LogP contribution in [0.25, 0.3) is 0 Å². The smallest absolute Gasteiger partial charge is 0.387 e. The molecule has 0 saturated heterocycles. The van der Waals surface area contributed by atoms with Gasteiger partial charge < -0.3 is 9.47 Å². The number of hydrogen-bond acceptors (Lipinski definition) is 2. The highest BCUT2D eigenvalue weighted by Gasteiger charge is 2.13. The van der Waals surface area contributed by atoms with E-state index in [0.717, 1.165) is 6.07 Å². The summed E-state index contributed by atoms with van der Waals surface area (Å²) >= 11 is 0. The molecule has 0 amide bonds. The monoisotopic (exact) mass is 263 g/mol. The second kappa shape index (κ2) is 6.28. The van der Waals surface area contributed by atoms with Gasteiger partial charge in [0.1, 0.15) is 11.5 Å². The zero-order valence-corrected chi connectivity index (χ0v) is 9.28. The molecule has 0 aliphatic heterocycles. The molecule has 0 bridgehead atoms. The maximum absolute atomic E-state index is 12.1. The number of hydrogen-bond donors (Lipinski definition) is 0. The maximum atomic E-state index is 12.1. The van der Waals surface area contributed by atoms with Crippen molar-refractivity contribution < 1.29 is 27.0 Å². The summed E-state index contributed by atoms with van der Waals surface area (Å²) in [6, 6.07) is 3.49. The molecule has 1 atom stereocenters. The first kappa shape index (κ1) is 14.3. The van der Waals surface area contributed by atoms with Crippen LogP contribution in [-0.2, 0) is 0 Å². The second-order valence-corrected chi connectivity index (χ2v) is 3.34. The average molecular weight is 263 g/mol. The van der Waals surface area contributed by atoms with E-state index in [9.17, 15) is 17.6 Å². The Balaban J connectivity index is 3.06. The summed E-state index contributed by atoms with van der Waals surface area (Å²) in [5.74, 6) is -0.992. The van der Waals surface area contributed by atoms with Crippen molar-refractivity contribution in [3.05, 3.63) is 43.3 Å². The number of halogens is 4. The topological polar surface area (TPSA) is 18.5 Å². The predicted octanol–water partition coefficient (Wildman–Crippen LogP) is 3.99. The number of allylic oxidation sites excluding steroid dienone is 1. The van der Waals surface area contributed by atoms with E-state index in [0.29, 0.717) is 5.56 Å². The standard InChI is InChI=1S/C12H11F4O2/c1-3-7(2)8-4-9(17-11(13)14)6-10(5-8)18-12(15)16/h3-7,11-12H,1-2H2. The lowest BCUT2D eigenvalue weighted by molar-refractivity contribution is -0.0543. The van der Waals surface area contributed by atoms with Gasteiger partial charge in [-0.3, -0.25) is 0 Å². The third kappa shape index (κ3) is 4.27. The zero-order valence-electron chi connectivity index (χ0n) is 9.28. The fraction of sp³-hybridized carbons (Fsp3) is 0.250.